The minimum atomic E-state index is 0.317. The van der Waals surface area contributed by atoms with E-state index in [1.807, 2.05) is 12.3 Å². The lowest BCUT2D eigenvalue weighted by Gasteiger charge is -2.37. The lowest BCUT2D eigenvalue weighted by atomic mass is 9.84. The van der Waals surface area contributed by atoms with E-state index in [0.29, 0.717) is 23.9 Å². The Morgan fingerprint density at radius 2 is 2.10 bits per heavy atom. The van der Waals surface area contributed by atoms with Crippen molar-refractivity contribution in [2.24, 2.45) is 5.92 Å². The van der Waals surface area contributed by atoms with Gasteiger partial charge in [-0.3, -0.25) is 9.78 Å². The zero-order valence-corrected chi connectivity index (χ0v) is 12.8. The molecule has 2 fully saturated rings. The van der Waals surface area contributed by atoms with Gasteiger partial charge in [0.05, 0.1) is 0 Å². The number of piperidine rings is 1. The van der Waals surface area contributed by atoms with E-state index in [-0.39, 0.29) is 0 Å². The van der Waals surface area contributed by atoms with Crippen molar-refractivity contribution < 1.29 is 4.79 Å². The molecule has 4 nitrogen and oxygen atoms in total. The van der Waals surface area contributed by atoms with Crippen molar-refractivity contribution in [3.8, 4) is 0 Å². The summed E-state index contributed by atoms with van der Waals surface area (Å²) in [6, 6.07) is 4.91. The summed E-state index contributed by atoms with van der Waals surface area (Å²) in [6.45, 7) is 4.00. The molecule has 1 aliphatic carbocycles. The number of nitrogens with one attached hydrogen (secondary N) is 1. The van der Waals surface area contributed by atoms with Crippen LogP contribution in [0.4, 0.5) is 0 Å². The van der Waals surface area contributed by atoms with Crippen LogP contribution in [0.1, 0.15) is 50.6 Å². The molecule has 1 unspecified atom stereocenters. The van der Waals surface area contributed by atoms with Gasteiger partial charge in [0.15, 0.2) is 0 Å². The van der Waals surface area contributed by atoms with Crippen LogP contribution in [0.5, 0.6) is 0 Å². The zero-order valence-electron chi connectivity index (χ0n) is 12.8. The number of carbonyl (C=O) groups excluding carboxylic acids is 1. The summed E-state index contributed by atoms with van der Waals surface area (Å²) >= 11 is 0. The van der Waals surface area contributed by atoms with Crippen molar-refractivity contribution in [2.75, 3.05) is 13.1 Å². The normalized spacial score (nSPS) is 21.9. The molecule has 0 spiro atoms. The molecule has 1 amide bonds. The van der Waals surface area contributed by atoms with Gasteiger partial charge in [0, 0.05) is 43.5 Å². The van der Waals surface area contributed by atoms with Gasteiger partial charge in [-0.25, -0.2) is 0 Å². The largest absolute Gasteiger partial charge is 0.342 e. The first-order chi connectivity index (χ1) is 10.2. The molecule has 0 bridgehead atoms. The number of hydrogen-bond donors (Lipinski definition) is 1. The van der Waals surface area contributed by atoms with Crippen molar-refractivity contribution in [1.29, 1.82) is 0 Å². The number of likely N-dealkylation sites (tertiary alicyclic amines) is 1. The second-order valence-corrected chi connectivity index (χ2v) is 6.40. The fourth-order valence-electron chi connectivity index (χ4n) is 3.26. The van der Waals surface area contributed by atoms with Crippen LogP contribution < -0.4 is 5.32 Å². The van der Waals surface area contributed by atoms with Crippen LogP contribution in [0.2, 0.25) is 0 Å². The Morgan fingerprint density at radius 3 is 2.67 bits per heavy atom. The fourth-order valence-corrected chi connectivity index (χ4v) is 3.26. The van der Waals surface area contributed by atoms with Crippen LogP contribution >= 0.6 is 0 Å². The maximum atomic E-state index is 12.2. The molecule has 1 aromatic rings. The van der Waals surface area contributed by atoms with Crippen LogP contribution in [0.25, 0.3) is 0 Å². The van der Waals surface area contributed by atoms with E-state index >= 15 is 0 Å². The molecule has 2 aliphatic rings. The van der Waals surface area contributed by atoms with E-state index in [0.717, 1.165) is 38.8 Å². The first-order valence-electron chi connectivity index (χ1n) is 8.19. The van der Waals surface area contributed by atoms with Crippen molar-refractivity contribution >= 4 is 5.91 Å². The lowest BCUT2D eigenvalue weighted by molar-refractivity contribution is -0.139. The van der Waals surface area contributed by atoms with Gasteiger partial charge in [-0.2, -0.15) is 0 Å². The molecule has 0 aromatic carbocycles. The summed E-state index contributed by atoms with van der Waals surface area (Å²) in [7, 11) is 0. The Bertz CT molecular complexity index is 464. The van der Waals surface area contributed by atoms with Crippen LogP contribution in [-0.2, 0) is 4.79 Å². The van der Waals surface area contributed by atoms with Gasteiger partial charge in [-0.1, -0.05) is 12.5 Å². The summed E-state index contributed by atoms with van der Waals surface area (Å²) in [6.07, 6.45) is 9.29. The fraction of sp³-hybridized carbons (Fsp3) is 0.647. The van der Waals surface area contributed by atoms with E-state index in [1.54, 1.807) is 6.20 Å². The Labute approximate surface area is 126 Å². The summed E-state index contributed by atoms with van der Waals surface area (Å²) in [5.41, 5.74) is 1.23. The number of hydrogen-bond acceptors (Lipinski definition) is 3. The molecule has 1 atom stereocenters. The Balaban J connectivity index is 1.46. The monoisotopic (exact) mass is 287 g/mol. The van der Waals surface area contributed by atoms with Gasteiger partial charge in [-0.15, -0.1) is 0 Å². The SMILES string of the molecule is CC(NC1CCN(C(=O)C2CCC2)CC1)c1cccnc1. The zero-order chi connectivity index (χ0) is 14.7. The molecule has 2 heterocycles. The highest BCUT2D eigenvalue weighted by atomic mass is 16.2. The first kappa shape index (κ1) is 14.5. The molecular formula is C17H25N3O. The maximum absolute atomic E-state index is 12.2. The molecule has 1 aromatic heterocycles. The van der Waals surface area contributed by atoms with E-state index in [9.17, 15) is 4.79 Å². The summed E-state index contributed by atoms with van der Waals surface area (Å²) in [4.78, 5) is 18.5. The van der Waals surface area contributed by atoms with Gasteiger partial charge in [-0.05, 0) is 44.2 Å². The molecule has 1 saturated heterocycles. The molecule has 3 rings (SSSR count). The lowest BCUT2D eigenvalue weighted by Crippen LogP contribution is -2.48. The van der Waals surface area contributed by atoms with Crippen molar-refractivity contribution in [1.82, 2.24) is 15.2 Å². The van der Waals surface area contributed by atoms with Gasteiger partial charge in [0.1, 0.15) is 0 Å². The number of amides is 1. The van der Waals surface area contributed by atoms with Gasteiger partial charge in [0.25, 0.3) is 0 Å². The second kappa shape index (κ2) is 6.56. The molecule has 4 heteroatoms. The van der Waals surface area contributed by atoms with Crippen molar-refractivity contribution in [3.63, 3.8) is 0 Å². The third-order valence-electron chi connectivity index (χ3n) is 4.93. The molecule has 1 N–H and O–H groups in total. The van der Waals surface area contributed by atoms with Crippen LogP contribution in [-0.4, -0.2) is 34.9 Å². The van der Waals surface area contributed by atoms with Crippen LogP contribution in [0.3, 0.4) is 0 Å². The van der Waals surface area contributed by atoms with E-state index in [1.165, 1.54) is 12.0 Å². The minimum Gasteiger partial charge on any atom is -0.342 e. The predicted molar refractivity (Wildman–Crippen MR) is 82.7 cm³/mol. The average molecular weight is 287 g/mol. The molecule has 114 valence electrons. The quantitative estimate of drug-likeness (QED) is 0.925. The minimum absolute atomic E-state index is 0.317. The van der Waals surface area contributed by atoms with Crippen LogP contribution in [0.15, 0.2) is 24.5 Å². The molecule has 1 saturated carbocycles. The van der Waals surface area contributed by atoms with Crippen molar-refractivity contribution in [2.45, 2.75) is 51.1 Å². The highest BCUT2D eigenvalue weighted by Gasteiger charge is 2.31. The maximum Gasteiger partial charge on any atom is 0.225 e. The van der Waals surface area contributed by atoms with E-state index < -0.39 is 0 Å². The van der Waals surface area contributed by atoms with Gasteiger partial charge >= 0.3 is 0 Å². The van der Waals surface area contributed by atoms with Gasteiger partial charge < -0.3 is 10.2 Å². The summed E-state index contributed by atoms with van der Waals surface area (Å²) in [5.74, 6) is 0.740. The molecule has 1 aliphatic heterocycles. The first-order valence-corrected chi connectivity index (χ1v) is 8.19. The molecule has 21 heavy (non-hydrogen) atoms. The Kier molecular flexibility index (Phi) is 4.54. The molecule has 0 radical (unpaired) electrons. The predicted octanol–water partition coefficient (Wildman–Crippen LogP) is 2.52. The van der Waals surface area contributed by atoms with Crippen LogP contribution in [0, 0.1) is 5.92 Å². The third-order valence-corrected chi connectivity index (χ3v) is 4.93. The second-order valence-electron chi connectivity index (χ2n) is 6.40. The Morgan fingerprint density at radius 1 is 1.33 bits per heavy atom. The van der Waals surface area contributed by atoms with E-state index in [2.05, 4.69) is 28.2 Å². The highest BCUT2D eigenvalue weighted by Crippen LogP contribution is 2.29. The third kappa shape index (κ3) is 3.43. The standard InChI is InChI=1S/C17H25N3O/c1-13(15-6-3-9-18-12-15)19-16-7-10-20(11-8-16)17(21)14-4-2-5-14/h3,6,9,12-14,16,19H,2,4-5,7-8,10-11H2,1H3. The number of nitrogens with zero attached hydrogens (tertiary/aromatic N) is 2. The molecular weight excluding hydrogens is 262 g/mol. The average Bonchev–Trinajstić information content (AvgIpc) is 2.47. The van der Waals surface area contributed by atoms with Crippen molar-refractivity contribution in [3.05, 3.63) is 30.1 Å². The summed E-state index contributed by atoms with van der Waals surface area (Å²) < 4.78 is 0. The van der Waals surface area contributed by atoms with E-state index in [4.69, 9.17) is 0 Å². The number of rotatable bonds is 4. The Hall–Kier alpha value is -1.42. The number of carbonyl (C=O) groups is 1. The summed E-state index contributed by atoms with van der Waals surface area (Å²) in [5, 5.41) is 3.67. The smallest absolute Gasteiger partial charge is 0.225 e. The number of aromatic nitrogens is 1. The van der Waals surface area contributed by atoms with Gasteiger partial charge in [0.2, 0.25) is 5.91 Å². The topological polar surface area (TPSA) is 45.2 Å². The highest BCUT2D eigenvalue weighted by molar-refractivity contribution is 5.79. The number of pyridine rings is 1.